The highest BCUT2D eigenvalue weighted by Crippen LogP contribution is 2.21. The van der Waals surface area contributed by atoms with Gasteiger partial charge in [0.25, 0.3) is 0 Å². The van der Waals surface area contributed by atoms with Crippen LogP contribution < -0.4 is 0 Å². The standard InChI is InChI=1S/C8H11F3O4S/c1-3-14-5(12)6(16-4-2)15-7(13)8(9,10)11/h6H,3-4H2,1-2H3/t6-/m0/s1. The Bertz CT molecular complexity index is 254. The predicted molar refractivity (Wildman–Crippen MR) is 50.7 cm³/mol. The van der Waals surface area contributed by atoms with Crippen molar-refractivity contribution in [1.82, 2.24) is 0 Å². The number of halogens is 3. The van der Waals surface area contributed by atoms with E-state index in [0.29, 0.717) is 5.75 Å². The zero-order chi connectivity index (χ0) is 12.8. The van der Waals surface area contributed by atoms with Gasteiger partial charge in [0, 0.05) is 0 Å². The summed E-state index contributed by atoms with van der Waals surface area (Å²) in [7, 11) is 0. The Balaban J connectivity index is 4.45. The van der Waals surface area contributed by atoms with Crippen molar-refractivity contribution >= 4 is 23.7 Å². The van der Waals surface area contributed by atoms with Crippen LogP contribution in [0.1, 0.15) is 13.8 Å². The number of thioether (sulfide) groups is 1. The van der Waals surface area contributed by atoms with E-state index in [0.717, 1.165) is 11.8 Å². The first-order valence-corrected chi connectivity index (χ1v) is 5.43. The Labute approximate surface area is 94.5 Å². The molecule has 0 fully saturated rings. The summed E-state index contributed by atoms with van der Waals surface area (Å²) in [5, 5.41) is 0. The number of carbonyl (C=O) groups is 2. The van der Waals surface area contributed by atoms with Crippen LogP contribution in [0.5, 0.6) is 0 Å². The monoisotopic (exact) mass is 260 g/mol. The van der Waals surface area contributed by atoms with Gasteiger partial charge in [-0.25, -0.2) is 9.59 Å². The smallest absolute Gasteiger partial charge is 0.463 e. The molecule has 16 heavy (non-hydrogen) atoms. The molecule has 0 rings (SSSR count). The molecule has 1 atom stereocenters. The zero-order valence-corrected chi connectivity index (χ0v) is 9.48. The fourth-order valence-electron chi connectivity index (χ4n) is 0.676. The first kappa shape index (κ1) is 15.1. The van der Waals surface area contributed by atoms with Crippen molar-refractivity contribution < 1.29 is 32.2 Å². The quantitative estimate of drug-likeness (QED) is 0.556. The Kier molecular flexibility index (Phi) is 6.24. The van der Waals surface area contributed by atoms with Crippen LogP contribution in [0.3, 0.4) is 0 Å². The molecule has 0 aromatic heterocycles. The number of rotatable bonds is 5. The minimum absolute atomic E-state index is 0.00315. The summed E-state index contributed by atoms with van der Waals surface area (Å²) in [6.45, 7) is 3.11. The molecule has 0 aliphatic carbocycles. The minimum Gasteiger partial charge on any atom is -0.463 e. The molecular weight excluding hydrogens is 249 g/mol. The molecule has 0 heterocycles. The van der Waals surface area contributed by atoms with Gasteiger partial charge < -0.3 is 9.47 Å². The van der Waals surface area contributed by atoms with E-state index in [4.69, 9.17) is 0 Å². The lowest BCUT2D eigenvalue weighted by Gasteiger charge is -2.15. The number of ether oxygens (including phenoxy) is 2. The summed E-state index contributed by atoms with van der Waals surface area (Å²) >= 11 is 0.751. The van der Waals surface area contributed by atoms with Crippen molar-refractivity contribution in [1.29, 1.82) is 0 Å². The van der Waals surface area contributed by atoms with Crippen LogP contribution in [0.2, 0.25) is 0 Å². The molecule has 0 radical (unpaired) electrons. The van der Waals surface area contributed by atoms with Crippen LogP contribution in [0, 0.1) is 0 Å². The number of carbonyl (C=O) groups excluding carboxylic acids is 2. The maximum Gasteiger partial charge on any atom is 0.490 e. The average Bonchev–Trinajstić information content (AvgIpc) is 2.15. The van der Waals surface area contributed by atoms with Gasteiger partial charge in [-0.3, -0.25) is 0 Å². The van der Waals surface area contributed by atoms with Crippen LogP contribution in [-0.4, -0.2) is 35.9 Å². The maximum absolute atomic E-state index is 11.9. The van der Waals surface area contributed by atoms with E-state index in [1.807, 2.05) is 0 Å². The van der Waals surface area contributed by atoms with E-state index in [2.05, 4.69) is 9.47 Å². The van der Waals surface area contributed by atoms with E-state index in [-0.39, 0.29) is 6.61 Å². The lowest BCUT2D eigenvalue weighted by molar-refractivity contribution is -0.203. The third-order valence-corrected chi connectivity index (χ3v) is 2.17. The van der Waals surface area contributed by atoms with Gasteiger partial charge in [0.1, 0.15) is 0 Å². The third kappa shape index (κ3) is 5.24. The molecule has 0 aliphatic rings. The molecule has 0 aromatic carbocycles. The van der Waals surface area contributed by atoms with E-state index in [9.17, 15) is 22.8 Å². The second-order valence-electron chi connectivity index (χ2n) is 2.44. The number of hydrogen-bond acceptors (Lipinski definition) is 5. The van der Waals surface area contributed by atoms with Gasteiger partial charge in [-0.2, -0.15) is 13.2 Å². The van der Waals surface area contributed by atoms with Crippen molar-refractivity contribution in [2.24, 2.45) is 0 Å². The van der Waals surface area contributed by atoms with Crippen LogP contribution in [0.4, 0.5) is 13.2 Å². The highest BCUT2D eigenvalue weighted by Gasteiger charge is 2.43. The van der Waals surface area contributed by atoms with E-state index >= 15 is 0 Å². The van der Waals surface area contributed by atoms with Gasteiger partial charge >= 0.3 is 18.1 Å². The molecule has 0 bridgehead atoms. The Hall–Kier alpha value is -0.920. The molecule has 0 spiro atoms. The van der Waals surface area contributed by atoms with E-state index < -0.39 is 23.6 Å². The predicted octanol–water partition coefficient (Wildman–Crippen LogP) is 1.73. The van der Waals surface area contributed by atoms with Crippen molar-refractivity contribution in [2.45, 2.75) is 25.5 Å². The largest absolute Gasteiger partial charge is 0.490 e. The van der Waals surface area contributed by atoms with Crippen LogP contribution in [0.15, 0.2) is 0 Å². The molecule has 0 saturated carbocycles. The van der Waals surface area contributed by atoms with Crippen molar-refractivity contribution in [3.05, 3.63) is 0 Å². The van der Waals surface area contributed by atoms with Gasteiger partial charge in [0.05, 0.1) is 6.61 Å². The van der Waals surface area contributed by atoms with Crippen LogP contribution in [-0.2, 0) is 19.1 Å². The highest BCUT2D eigenvalue weighted by atomic mass is 32.2. The SMILES string of the molecule is CCOC(=O)[C@@H](OC(=O)C(F)(F)F)SCC. The molecular formula is C8H11F3O4S. The Morgan fingerprint density at radius 2 is 1.88 bits per heavy atom. The summed E-state index contributed by atoms with van der Waals surface area (Å²) in [6.07, 6.45) is -5.11. The number of esters is 2. The second kappa shape index (κ2) is 6.62. The maximum atomic E-state index is 11.9. The summed E-state index contributed by atoms with van der Waals surface area (Å²) in [5.74, 6) is -3.08. The Morgan fingerprint density at radius 1 is 1.31 bits per heavy atom. The fraction of sp³-hybridized carbons (Fsp3) is 0.750. The number of alkyl halides is 3. The number of hydrogen-bond donors (Lipinski definition) is 0. The van der Waals surface area contributed by atoms with Gasteiger partial charge in [0.2, 0.25) is 5.44 Å². The van der Waals surface area contributed by atoms with E-state index in [1.165, 1.54) is 6.92 Å². The van der Waals surface area contributed by atoms with Gasteiger partial charge in [-0.15, -0.1) is 11.8 Å². The summed E-state index contributed by atoms with van der Waals surface area (Å²) in [4.78, 5) is 21.6. The topological polar surface area (TPSA) is 52.6 Å². The molecule has 0 aliphatic heterocycles. The molecule has 0 amide bonds. The summed E-state index contributed by atoms with van der Waals surface area (Å²) in [6, 6.07) is 0. The van der Waals surface area contributed by atoms with Gasteiger partial charge in [-0.05, 0) is 12.7 Å². The van der Waals surface area contributed by atoms with Gasteiger partial charge in [0.15, 0.2) is 0 Å². The summed E-state index contributed by atoms with van der Waals surface area (Å²) < 4.78 is 44.0. The molecule has 0 aromatic rings. The second-order valence-corrected chi connectivity index (χ2v) is 3.78. The minimum atomic E-state index is -5.11. The van der Waals surface area contributed by atoms with Crippen molar-refractivity contribution in [3.63, 3.8) is 0 Å². The lowest BCUT2D eigenvalue weighted by Crippen LogP contribution is -2.33. The van der Waals surface area contributed by atoms with Crippen molar-refractivity contribution in [2.75, 3.05) is 12.4 Å². The third-order valence-electron chi connectivity index (χ3n) is 1.24. The van der Waals surface area contributed by atoms with Crippen molar-refractivity contribution in [3.8, 4) is 0 Å². The molecule has 0 N–H and O–H groups in total. The average molecular weight is 260 g/mol. The molecule has 0 saturated heterocycles. The first-order chi connectivity index (χ1) is 7.32. The normalized spacial score (nSPS) is 13.1. The summed E-state index contributed by atoms with van der Waals surface area (Å²) in [5.41, 5.74) is -1.57. The fourth-order valence-corrected chi connectivity index (χ4v) is 1.34. The lowest BCUT2D eigenvalue weighted by atomic mass is 10.6. The zero-order valence-electron chi connectivity index (χ0n) is 8.67. The first-order valence-electron chi connectivity index (χ1n) is 4.39. The van der Waals surface area contributed by atoms with Crippen LogP contribution in [0.25, 0.3) is 0 Å². The molecule has 94 valence electrons. The van der Waals surface area contributed by atoms with Gasteiger partial charge in [-0.1, -0.05) is 6.92 Å². The molecule has 4 nitrogen and oxygen atoms in total. The van der Waals surface area contributed by atoms with Crippen LogP contribution >= 0.6 is 11.8 Å². The Morgan fingerprint density at radius 3 is 2.25 bits per heavy atom. The van der Waals surface area contributed by atoms with E-state index in [1.54, 1.807) is 6.92 Å². The molecule has 0 unspecified atom stereocenters. The molecule has 8 heteroatoms. The highest BCUT2D eigenvalue weighted by molar-refractivity contribution is 8.00.